The molecule has 2 aromatic rings. The average molecular weight is 643 g/mol. The fraction of sp³-hybridized carbons (Fsp3) is 0.485. The number of ketones is 1. The standard InChI is InChI=1S/C33H44N3O8S/c1-8-9-11-20-25(37)26(24-19-15-14-18-23(24)22-16-12-10-13-17-22)33(32(6,44-33)29(34)39)36-28(38)27(31(4,5)45(7,41)42)35-30(40)43-21(2)3/h10,12-19,21,27H,8-9,11,20H2,1-7H3,(H2,34,39)(H,35,40)(H,36,38)/t27-,32-,33+/m1/s1. The van der Waals surface area contributed by atoms with Gasteiger partial charge in [0, 0.05) is 12.7 Å². The summed E-state index contributed by atoms with van der Waals surface area (Å²) in [6.45, 7) is 9.10. The molecule has 12 heteroatoms. The van der Waals surface area contributed by atoms with Crippen molar-refractivity contribution < 1.29 is 37.1 Å². The molecule has 1 aliphatic rings. The Kier molecular flexibility index (Phi) is 10.9. The van der Waals surface area contributed by atoms with E-state index in [1.165, 1.54) is 20.8 Å². The molecule has 0 unspecified atom stereocenters. The molecule has 1 radical (unpaired) electrons. The first-order valence-electron chi connectivity index (χ1n) is 15.0. The van der Waals surface area contributed by atoms with E-state index in [1.807, 2.05) is 43.3 Å². The zero-order valence-electron chi connectivity index (χ0n) is 26.9. The van der Waals surface area contributed by atoms with Gasteiger partial charge in [0.05, 0.1) is 10.9 Å². The Balaban J connectivity index is 2.23. The molecule has 3 amide bonds. The van der Waals surface area contributed by atoms with Crippen molar-refractivity contribution in [2.45, 2.75) is 95.4 Å². The third-order valence-corrected chi connectivity index (χ3v) is 10.3. The van der Waals surface area contributed by atoms with Gasteiger partial charge in [-0.25, -0.2) is 13.2 Å². The summed E-state index contributed by atoms with van der Waals surface area (Å²) in [4.78, 5) is 54.0. The fourth-order valence-corrected chi connectivity index (χ4v) is 5.74. The fourth-order valence-electron chi connectivity index (χ4n) is 5.15. The van der Waals surface area contributed by atoms with E-state index in [9.17, 15) is 27.6 Å². The van der Waals surface area contributed by atoms with Crippen LogP contribution in [0.1, 0.15) is 72.8 Å². The number of amides is 3. The van der Waals surface area contributed by atoms with Gasteiger partial charge in [0.1, 0.15) is 17.7 Å². The van der Waals surface area contributed by atoms with Crippen LogP contribution in [0.3, 0.4) is 0 Å². The van der Waals surface area contributed by atoms with Gasteiger partial charge < -0.3 is 25.8 Å². The normalized spacial score (nSPS) is 20.4. The minimum Gasteiger partial charge on any atom is -0.447 e. The lowest BCUT2D eigenvalue weighted by Crippen LogP contribution is -2.64. The summed E-state index contributed by atoms with van der Waals surface area (Å²) >= 11 is 0. The van der Waals surface area contributed by atoms with Crippen LogP contribution >= 0.6 is 0 Å². The van der Waals surface area contributed by atoms with E-state index in [0.717, 1.165) is 24.7 Å². The summed E-state index contributed by atoms with van der Waals surface area (Å²) < 4.78 is 35.1. The molecule has 0 saturated carbocycles. The zero-order valence-corrected chi connectivity index (χ0v) is 27.7. The minimum atomic E-state index is -3.98. The van der Waals surface area contributed by atoms with Gasteiger partial charge in [-0.3, -0.25) is 14.4 Å². The lowest BCUT2D eigenvalue weighted by molar-refractivity contribution is -0.126. The Labute approximate surface area is 265 Å². The molecule has 0 aliphatic carbocycles. The van der Waals surface area contributed by atoms with Gasteiger partial charge in [-0.15, -0.1) is 0 Å². The number of hydrogen-bond donors (Lipinski definition) is 3. The van der Waals surface area contributed by atoms with Gasteiger partial charge in [-0.1, -0.05) is 74.4 Å². The highest BCUT2D eigenvalue weighted by molar-refractivity contribution is 7.92. The summed E-state index contributed by atoms with van der Waals surface area (Å²) in [7, 11) is -3.98. The van der Waals surface area contributed by atoms with Crippen molar-refractivity contribution in [2.75, 3.05) is 6.26 Å². The molecule has 4 N–H and O–H groups in total. The van der Waals surface area contributed by atoms with Gasteiger partial charge in [0.25, 0.3) is 5.91 Å². The predicted octanol–water partition coefficient (Wildman–Crippen LogP) is 3.84. The topological polar surface area (TPSA) is 174 Å². The van der Waals surface area contributed by atoms with Crippen molar-refractivity contribution >= 4 is 33.5 Å². The number of nitrogens with two attached hydrogens (primary N) is 1. The lowest BCUT2D eigenvalue weighted by Gasteiger charge is -2.34. The largest absolute Gasteiger partial charge is 0.447 e. The third kappa shape index (κ3) is 7.38. The molecular weight excluding hydrogens is 598 g/mol. The maximum Gasteiger partial charge on any atom is 0.408 e. The van der Waals surface area contributed by atoms with E-state index >= 15 is 0 Å². The maximum absolute atomic E-state index is 14.2. The number of unbranched alkanes of at least 4 members (excludes halogenated alkanes) is 2. The van der Waals surface area contributed by atoms with Crippen molar-refractivity contribution in [3.05, 3.63) is 66.1 Å². The van der Waals surface area contributed by atoms with Crippen LogP contribution in [0, 0.1) is 5.92 Å². The first-order valence-corrected chi connectivity index (χ1v) is 16.9. The van der Waals surface area contributed by atoms with Crippen LogP contribution in [0.25, 0.3) is 11.1 Å². The van der Waals surface area contributed by atoms with Gasteiger partial charge in [0.2, 0.25) is 5.91 Å². The number of alkyl carbamates (subject to hydrolysis) is 1. The molecule has 3 atom stereocenters. The number of primary amides is 1. The first-order chi connectivity index (χ1) is 20.9. The van der Waals surface area contributed by atoms with Crippen LogP contribution in [0.5, 0.6) is 0 Å². The molecule has 2 aromatic carbocycles. The Morgan fingerprint density at radius 3 is 2.13 bits per heavy atom. The number of nitrogens with one attached hydrogen (secondary N) is 2. The highest BCUT2D eigenvalue weighted by Gasteiger charge is 2.78. The summed E-state index contributed by atoms with van der Waals surface area (Å²) in [5.41, 5.74) is 3.65. The second-order valence-corrected chi connectivity index (χ2v) is 14.8. The number of rotatable bonds is 15. The van der Waals surface area contributed by atoms with E-state index in [2.05, 4.69) is 10.6 Å². The molecule has 1 heterocycles. The summed E-state index contributed by atoms with van der Waals surface area (Å²) in [5.74, 6) is -2.37. The number of carbonyl (C=O) groups is 4. The molecule has 11 nitrogen and oxygen atoms in total. The van der Waals surface area contributed by atoms with Crippen LogP contribution in [-0.2, 0) is 33.7 Å². The van der Waals surface area contributed by atoms with Crippen LogP contribution < -0.4 is 16.4 Å². The molecule has 0 aromatic heterocycles. The van der Waals surface area contributed by atoms with Crippen LogP contribution in [0.4, 0.5) is 4.79 Å². The van der Waals surface area contributed by atoms with Crippen molar-refractivity contribution in [1.29, 1.82) is 0 Å². The Hall–Kier alpha value is -3.77. The molecule has 1 aliphatic heterocycles. The third-order valence-electron chi connectivity index (χ3n) is 8.19. The number of epoxide rings is 1. The van der Waals surface area contributed by atoms with E-state index in [1.54, 1.807) is 32.0 Å². The molecule has 1 fully saturated rings. The minimum absolute atomic E-state index is 0.00613. The van der Waals surface area contributed by atoms with Crippen LogP contribution in [0.2, 0.25) is 0 Å². The van der Waals surface area contributed by atoms with Crippen molar-refractivity contribution in [3.63, 3.8) is 0 Å². The monoisotopic (exact) mass is 642 g/mol. The molecule has 1 saturated heterocycles. The van der Waals surface area contributed by atoms with E-state index in [-0.39, 0.29) is 18.1 Å². The molecule has 0 bridgehead atoms. The SMILES string of the molecule is CCCCCC(=O)[C](c1ccccc1-c1ccccc1)[C@]1(NC(=O)[C@@H](NC(=O)OC(C)C)C(C)(C)S(C)(=O)=O)O[C@]1(C)C(N)=O. The van der Waals surface area contributed by atoms with Crippen LogP contribution in [0.15, 0.2) is 54.6 Å². The second-order valence-electron chi connectivity index (χ2n) is 12.2. The molecule has 0 spiro atoms. The van der Waals surface area contributed by atoms with Crippen LogP contribution in [-0.4, -0.2) is 66.6 Å². The quantitative estimate of drug-likeness (QED) is 0.194. The summed E-state index contributed by atoms with van der Waals surface area (Å²) in [5, 5.41) is 5.04. The van der Waals surface area contributed by atoms with Gasteiger partial charge >= 0.3 is 6.09 Å². The summed E-state index contributed by atoms with van der Waals surface area (Å²) in [6, 6.07) is 14.6. The number of carbonyl (C=O) groups excluding carboxylic acids is 4. The van der Waals surface area contributed by atoms with Crippen molar-refractivity contribution in [1.82, 2.24) is 10.6 Å². The lowest BCUT2D eigenvalue weighted by atomic mass is 9.77. The molecule has 245 valence electrons. The Morgan fingerprint density at radius 1 is 1.00 bits per heavy atom. The van der Waals surface area contributed by atoms with E-state index in [0.29, 0.717) is 17.5 Å². The summed E-state index contributed by atoms with van der Waals surface area (Å²) in [6.07, 6.45) is 1.57. The molecule has 45 heavy (non-hydrogen) atoms. The van der Waals surface area contributed by atoms with Crippen molar-refractivity contribution in [2.24, 2.45) is 5.73 Å². The van der Waals surface area contributed by atoms with Gasteiger partial charge in [-0.05, 0) is 57.7 Å². The van der Waals surface area contributed by atoms with E-state index < -0.39 is 56.0 Å². The predicted molar refractivity (Wildman–Crippen MR) is 170 cm³/mol. The average Bonchev–Trinajstić information content (AvgIpc) is 3.56. The number of sulfone groups is 1. The maximum atomic E-state index is 14.2. The number of benzene rings is 2. The Bertz CT molecular complexity index is 1530. The number of hydrogen-bond acceptors (Lipinski definition) is 8. The van der Waals surface area contributed by atoms with E-state index in [4.69, 9.17) is 15.2 Å². The number of ether oxygens (including phenoxy) is 2. The Morgan fingerprint density at radius 2 is 1.60 bits per heavy atom. The van der Waals surface area contributed by atoms with Gasteiger partial charge in [-0.2, -0.15) is 0 Å². The molecule has 3 rings (SSSR count). The highest BCUT2D eigenvalue weighted by atomic mass is 32.2. The first kappa shape index (κ1) is 35.7. The second kappa shape index (κ2) is 13.7. The number of Topliss-reactive ketones (excluding diaryl/α,β-unsaturated/α-hetero) is 1. The van der Waals surface area contributed by atoms with Gasteiger partial charge in [0.15, 0.2) is 21.2 Å². The molecular formula is C33H44N3O8S. The smallest absolute Gasteiger partial charge is 0.408 e. The zero-order chi connectivity index (χ0) is 33.8. The highest BCUT2D eigenvalue weighted by Crippen LogP contribution is 2.55. The van der Waals surface area contributed by atoms with Crippen molar-refractivity contribution in [3.8, 4) is 11.1 Å².